The maximum absolute atomic E-state index is 5.67. The van der Waals surface area contributed by atoms with Gasteiger partial charge in [-0.3, -0.25) is 0 Å². The Morgan fingerprint density at radius 1 is 1.22 bits per heavy atom. The molecule has 1 saturated carbocycles. The number of aryl methyl sites for hydroxylation is 2. The number of nitrogens with zero attached hydrogens (tertiary/aromatic N) is 2. The minimum atomic E-state index is 0.336. The SMILES string of the molecule is Cc1cc(C)cc(OCc2nc(C3CC3)no2)c1. The fourth-order valence-electron chi connectivity index (χ4n) is 2.00. The quantitative estimate of drug-likeness (QED) is 0.829. The zero-order valence-electron chi connectivity index (χ0n) is 10.6. The molecule has 1 fully saturated rings. The third-order valence-corrected chi connectivity index (χ3v) is 2.98. The number of hydrogen-bond acceptors (Lipinski definition) is 4. The fourth-order valence-corrected chi connectivity index (χ4v) is 2.00. The molecule has 1 aliphatic rings. The Labute approximate surface area is 106 Å². The standard InChI is InChI=1S/C14H16N2O2/c1-9-5-10(2)7-12(6-9)17-8-13-15-14(16-18-13)11-3-4-11/h5-7,11H,3-4,8H2,1-2H3. The van der Waals surface area contributed by atoms with Crippen LogP contribution in [0.25, 0.3) is 0 Å². The second kappa shape index (κ2) is 4.44. The first-order valence-corrected chi connectivity index (χ1v) is 6.24. The molecule has 94 valence electrons. The van der Waals surface area contributed by atoms with Crippen molar-refractivity contribution >= 4 is 0 Å². The lowest BCUT2D eigenvalue weighted by Crippen LogP contribution is -1.96. The molecule has 3 rings (SSSR count). The Balaban J connectivity index is 1.65. The second-order valence-electron chi connectivity index (χ2n) is 4.93. The number of ether oxygens (including phenoxy) is 1. The van der Waals surface area contributed by atoms with E-state index < -0.39 is 0 Å². The molecule has 4 nitrogen and oxygen atoms in total. The summed E-state index contributed by atoms with van der Waals surface area (Å²) in [5.41, 5.74) is 2.38. The normalized spacial score (nSPS) is 14.8. The van der Waals surface area contributed by atoms with E-state index in [4.69, 9.17) is 9.26 Å². The lowest BCUT2D eigenvalue weighted by molar-refractivity contribution is 0.242. The van der Waals surface area contributed by atoms with Gasteiger partial charge in [0.15, 0.2) is 12.4 Å². The van der Waals surface area contributed by atoms with E-state index >= 15 is 0 Å². The summed E-state index contributed by atoms with van der Waals surface area (Å²) < 4.78 is 10.8. The number of rotatable bonds is 4. The van der Waals surface area contributed by atoms with E-state index in [1.165, 1.54) is 24.0 Å². The van der Waals surface area contributed by atoms with E-state index in [-0.39, 0.29) is 0 Å². The molecule has 0 atom stereocenters. The fraction of sp³-hybridized carbons (Fsp3) is 0.429. The van der Waals surface area contributed by atoms with Crippen molar-refractivity contribution in [3.63, 3.8) is 0 Å². The Morgan fingerprint density at radius 2 is 1.94 bits per heavy atom. The molecule has 0 unspecified atom stereocenters. The van der Waals surface area contributed by atoms with Crippen molar-refractivity contribution in [1.29, 1.82) is 0 Å². The number of aromatic nitrogens is 2. The third kappa shape index (κ3) is 2.53. The van der Waals surface area contributed by atoms with Crippen LogP contribution in [0.4, 0.5) is 0 Å². The van der Waals surface area contributed by atoms with E-state index in [0.29, 0.717) is 18.4 Å². The molecule has 4 heteroatoms. The first-order chi connectivity index (χ1) is 8.70. The van der Waals surface area contributed by atoms with Gasteiger partial charge < -0.3 is 9.26 Å². The molecule has 0 amide bonds. The third-order valence-electron chi connectivity index (χ3n) is 2.98. The largest absolute Gasteiger partial charge is 0.484 e. The van der Waals surface area contributed by atoms with E-state index in [2.05, 4.69) is 30.1 Å². The first kappa shape index (κ1) is 11.3. The summed E-state index contributed by atoms with van der Waals surface area (Å²) in [5.74, 6) is 2.74. The van der Waals surface area contributed by atoms with Gasteiger partial charge in [-0.05, 0) is 49.9 Å². The molecule has 18 heavy (non-hydrogen) atoms. The maximum atomic E-state index is 5.67. The highest BCUT2D eigenvalue weighted by atomic mass is 16.5. The van der Waals surface area contributed by atoms with Crippen LogP contribution in [0.5, 0.6) is 5.75 Å². The maximum Gasteiger partial charge on any atom is 0.264 e. The van der Waals surface area contributed by atoms with Gasteiger partial charge in [-0.25, -0.2) is 0 Å². The van der Waals surface area contributed by atoms with Crippen molar-refractivity contribution in [2.24, 2.45) is 0 Å². The summed E-state index contributed by atoms with van der Waals surface area (Å²) in [7, 11) is 0. The zero-order valence-corrected chi connectivity index (χ0v) is 10.6. The minimum Gasteiger partial charge on any atom is -0.484 e. The van der Waals surface area contributed by atoms with Gasteiger partial charge >= 0.3 is 0 Å². The number of benzene rings is 1. The second-order valence-corrected chi connectivity index (χ2v) is 4.93. The van der Waals surface area contributed by atoms with Gasteiger partial charge in [0, 0.05) is 5.92 Å². The molecule has 1 heterocycles. The molecule has 0 radical (unpaired) electrons. The minimum absolute atomic E-state index is 0.336. The molecule has 2 aromatic rings. The van der Waals surface area contributed by atoms with Crippen molar-refractivity contribution in [2.45, 2.75) is 39.2 Å². The summed E-state index contributed by atoms with van der Waals surface area (Å²) in [6.07, 6.45) is 2.35. The lowest BCUT2D eigenvalue weighted by Gasteiger charge is -2.05. The Morgan fingerprint density at radius 3 is 2.61 bits per heavy atom. The van der Waals surface area contributed by atoms with Gasteiger partial charge in [0.25, 0.3) is 5.89 Å². The smallest absolute Gasteiger partial charge is 0.264 e. The molecule has 0 aliphatic heterocycles. The van der Waals surface area contributed by atoms with Crippen LogP contribution in [-0.2, 0) is 6.61 Å². The van der Waals surface area contributed by atoms with Crippen molar-refractivity contribution < 1.29 is 9.26 Å². The molecule has 0 saturated heterocycles. The van der Waals surface area contributed by atoms with E-state index in [9.17, 15) is 0 Å². The van der Waals surface area contributed by atoms with Crippen molar-refractivity contribution in [3.05, 3.63) is 41.0 Å². The lowest BCUT2D eigenvalue weighted by atomic mass is 10.1. The highest BCUT2D eigenvalue weighted by Crippen LogP contribution is 2.38. The summed E-state index contributed by atoms with van der Waals surface area (Å²) in [5, 5.41) is 3.96. The monoisotopic (exact) mass is 244 g/mol. The van der Waals surface area contributed by atoms with Gasteiger partial charge in [-0.15, -0.1) is 0 Å². The Hall–Kier alpha value is -1.84. The highest BCUT2D eigenvalue weighted by molar-refractivity contribution is 5.32. The summed E-state index contributed by atoms with van der Waals surface area (Å²) in [6, 6.07) is 6.13. The van der Waals surface area contributed by atoms with Crippen LogP contribution in [0.1, 0.15) is 41.6 Å². The predicted octanol–water partition coefficient (Wildman–Crippen LogP) is 3.14. The topological polar surface area (TPSA) is 48.2 Å². The van der Waals surface area contributed by atoms with Gasteiger partial charge in [-0.1, -0.05) is 11.2 Å². The van der Waals surface area contributed by atoms with Crippen molar-refractivity contribution in [3.8, 4) is 5.75 Å². The molecule has 1 aromatic heterocycles. The van der Waals surface area contributed by atoms with Crippen LogP contribution in [0.2, 0.25) is 0 Å². The van der Waals surface area contributed by atoms with E-state index in [0.717, 1.165) is 11.6 Å². The van der Waals surface area contributed by atoms with Crippen LogP contribution < -0.4 is 4.74 Å². The summed E-state index contributed by atoms with van der Waals surface area (Å²) >= 11 is 0. The van der Waals surface area contributed by atoms with Crippen LogP contribution in [0.3, 0.4) is 0 Å². The molecular weight excluding hydrogens is 228 g/mol. The van der Waals surface area contributed by atoms with Crippen LogP contribution in [0.15, 0.2) is 22.7 Å². The van der Waals surface area contributed by atoms with Crippen LogP contribution in [0, 0.1) is 13.8 Å². The summed E-state index contributed by atoms with van der Waals surface area (Å²) in [4.78, 5) is 4.33. The highest BCUT2D eigenvalue weighted by Gasteiger charge is 2.28. The zero-order chi connectivity index (χ0) is 12.5. The Bertz CT molecular complexity index is 538. The molecule has 0 N–H and O–H groups in total. The van der Waals surface area contributed by atoms with Crippen molar-refractivity contribution in [1.82, 2.24) is 10.1 Å². The van der Waals surface area contributed by atoms with Gasteiger partial charge in [0.1, 0.15) is 5.75 Å². The molecule has 0 bridgehead atoms. The van der Waals surface area contributed by atoms with Crippen LogP contribution in [-0.4, -0.2) is 10.1 Å². The van der Waals surface area contributed by atoms with Gasteiger partial charge in [-0.2, -0.15) is 4.98 Å². The van der Waals surface area contributed by atoms with Gasteiger partial charge in [0.05, 0.1) is 0 Å². The molecule has 1 aromatic carbocycles. The summed E-state index contributed by atoms with van der Waals surface area (Å²) in [6.45, 7) is 4.44. The van der Waals surface area contributed by atoms with Crippen molar-refractivity contribution in [2.75, 3.05) is 0 Å². The van der Waals surface area contributed by atoms with Gasteiger partial charge in [0.2, 0.25) is 0 Å². The Kier molecular flexibility index (Phi) is 2.78. The van der Waals surface area contributed by atoms with E-state index in [1.54, 1.807) is 0 Å². The predicted molar refractivity (Wildman–Crippen MR) is 66.5 cm³/mol. The first-order valence-electron chi connectivity index (χ1n) is 6.24. The molecular formula is C14H16N2O2. The average Bonchev–Trinajstić information content (AvgIpc) is 3.05. The van der Waals surface area contributed by atoms with E-state index in [1.807, 2.05) is 12.1 Å². The number of hydrogen-bond donors (Lipinski definition) is 0. The van der Waals surface area contributed by atoms with Crippen LogP contribution >= 0.6 is 0 Å². The molecule has 0 spiro atoms. The molecule has 1 aliphatic carbocycles. The average molecular weight is 244 g/mol.